The van der Waals surface area contributed by atoms with Crippen molar-refractivity contribution in [3.05, 3.63) is 0 Å². The molecule has 0 spiro atoms. The second-order valence-electron chi connectivity index (χ2n) is 2.10. The second kappa shape index (κ2) is 4.00. The fourth-order valence-corrected chi connectivity index (χ4v) is 0.304. The Balaban J connectivity index is 3.50. The largest absolute Gasteiger partial charge is 0.457 e. The molecular formula is C6H11NO3. The van der Waals surface area contributed by atoms with E-state index in [4.69, 9.17) is 5.73 Å². The molecular weight excluding hydrogens is 134 g/mol. The first-order valence-corrected chi connectivity index (χ1v) is 2.95. The molecule has 0 radical (unpaired) electrons. The van der Waals surface area contributed by atoms with Crippen LogP contribution in [0.15, 0.2) is 0 Å². The Morgan fingerprint density at radius 3 is 2.40 bits per heavy atom. The molecule has 58 valence electrons. The first kappa shape index (κ1) is 9.10. The maximum atomic E-state index is 10.5. The average Bonchev–Trinajstić information content (AvgIpc) is 1.82. The van der Waals surface area contributed by atoms with E-state index in [9.17, 15) is 9.59 Å². The molecule has 4 heteroatoms. The molecule has 0 unspecified atom stereocenters. The highest BCUT2D eigenvalue weighted by Crippen LogP contribution is 1.83. The molecule has 0 fully saturated rings. The number of ketones is 1. The molecule has 0 saturated heterocycles. The fourth-order valence-electron chi connectivity index (χ4n) is 0.304. The van der Waals surface area contributed by atoms with Crippen LogP contribution >= 0.6 is 0 Å². The van der Waals surface area contributed by atoms with Gasteiger partial charge in [-0.15, -0.1) is 0 Å². The number of Topliss-reactive ketones (excluding diaryl/α,β-unsaturated/α-hetero) is 1. The normalized spacial score (nSPS) is 12.3. The third-order valence-corrected chi connectivity index (χ3v) is 0.789. The van der Waals surface area contributed by atoms with Gasteiger partial charge in [-0.2, -0.15) is 0 Å². The van der Waals surface area contributed by atoms with E-state index in [0.29, 0.717) is 0 Å². The topological polar surface area (TPSA) is 69.4 Å². The SMILES string of the molecule is CC(=O)COC(=O)[C@H](C)N. The van der Waals surface area contributed by atoms with Gasteiger partial charge in [-0.25, -0.2) is 0 Å². The van der Waals surface area contributed by atoms with Crippen molar-refractivity contribution in [2.45, 2.75) is 19.9 Å². The Labute approximate surface area is 59.3 Å². The summed E-state index contributed by atoms with van der Waals surface area (Å²) in [6.45, 7) is 2.66. The van der Waals surface area contributed by atoms with Crippen LogP contribution in [0.3, 0.4) is 0 Å². The zero-order valence-corrected chi connectivity index (χ0v) is 6.09. The summed E-state index contributed by atoms with van der Waals surface area (Å²) in [7, 11) is 0. The number of rotatable bonds is 3. The fraction of sp³-hybridized carbons (Fsp3) is 0.667. The number of hydrogen-bond donors (Lipinski definition) is 1. The number of nitrogens with two attached hydrogens (primary N) is 1. The van der Waals surface area contributed by atoms with Crippen LogP contribution in [0.25, 0.3) is 0 Å². The Bertz CT molecular complexity index is 142. The van der Waals surface area contributed by atoms with Crippen molar-refractivity contribution in [1.82, 2.24) is 0 Å². The molecule has 0 rings (SSSR count). The third kappa shape index (κ3) is 4.03. The molecule has 0 aromatic rings. The van der Waals surface area contributed by atoms with Crippen molar-refractivity contribution >= 4 is 11.8 Å². The van der Waals surface area contributed by atoms with Crippen LogP contribution in [0.5, 0.6) is 0 Å². The quantitative estimate of drug-likeness (QED) is 0.542. The van der Waals surface area contributed by atoms with Gasteiger partial charge in [0.05, 0.1) is 0 Å². The summed E-state index contributed by atoms with van der Waals surface area (Å²) >= 11 is 0. The molecule has 2 N–H and O–H groups in total. The van der Waals surface area contributed by atoms with E-state index in [1.807, 2.05) is 0 Å². The molecule has 0 heterocycles. The summed E-state index contributed by atoms with van der Waals surface area (Å²) in [6, 6.07) is -0.653. The minimum absolute atomic E-state index is 0.180. The van der Waals surface area contributed by atoms with E-state index in [0.717, 1.165) is 0 Å². The standard InChI is InChI=1S/C6H11NO3/c1-4(8)3-10-6(9)5(2)7/h5H,3,7H2,1-2H3/t5-/m0/s1. The van der Waals surface area contributed by atoms with Gasteiger partial charge in [0, 0.05) is 0 Å². The van der Waals surface area contributed by atoms with Gasteiger partial charge >= 0.3 is 5.97 Å². The molecule has 0 aromatic carbocycles. The molecule has 0 saturated carbocycles. The van der Waals surface area contributed by atoms with Crippen LogP contribution in [-0.4, -0.2) is 24.4 Å². The first-order chi connectivity index (χ1) is 4.54. The Hall–Kier alpha value is -0.900. The van der Waals surface area contributed by atoms with Crippen molar-refractivity contribution in [2.24, 2.45) is 5.73 Å². The Morgan fingerprint density at radius 1 is 1.60 bits per heavy atom. The Morgan fingerprint density at radius 2 is 2.10 bits per heavy atom. The predicted octanol–water partition coefficient (Wildman–Crippen LogP) is -0.534. The monoisotopic (exact) mass is 145 g/mol. The lowest BCUT2D eigenvalue weighted by Crippen LogP contribution is -2.29. The highest BCUT2D eigenvalue weighted by Gasteiger charge is 2.08. The highest BCUT2D eigenvalue weighted by molar-refractivity contribution is 5.81. The Kier molecular flexibility index (Phi) is 3.64. The number of ether oxygens (including phenoxy) is 1. The second-order valence-corrected chi connectivity index (χ2v) is 2.10. The van der Waals surface area contributed by atoms with Gasteiger partial charge in [-0.1, -0.05) is 0 Å². The molecule has 0 amide bonds. The molecule has 10 heavy (non-hydrogen) atoms. The van der Waals surface area contributed by atoms with E-state index in [1.165, 1.54) is 13.8 Å². The summed E-state index contributed by atoms with van der Waals surface area (Å²) in [5.74, 6) is -0.732. The summed E-state index contributed by atoms with van der Waals surface area (Å²) < 4.78 is 4.45. The van der Waals surface area contributed by atoms with Gasteiger partial charge in [-0.05, 0) is 13.8 Å². The van der Waals surface area contributed by atoms with Gasteiger partial charge in [0.15, 0.2) is 5.78 Å². The van der Waals surface area contributed by atoms with Gasteiger partial charge in [0.25, 0.3) is 0 Å². The molecule has 0 aliphatic rings. The van der Waals surface area contributed by atoms with Crippen LogP contribution in [0.1, 0.15) is 13.8 Å². The molecule has 1 atom stereocenters. The van der Waals surface area contributed by atoms with Crippen molar-refractivity contribution in [3.63, 3.8) is 0 Å². The van der Waals surface area contributed by atoms with E-state index in [2.05, 4.69) is 4.74 Å². The number of hydrogen-bond acceptors (Lipinski definition) is 4. The van der Waals surface area contributed by atoms with Gasteiger partial charge in [-0.3, -0.25) is 9.59 Å². The lowest BCUT2D eigenvalue weighted by molar-refractivity contribution is -0.148. The lowest BCUT2D eigenvalue weighted by Gasteiger charge is -2.03. The van der Waals surface area contributed by atoms with Crippen LogP contribution < -0.4 is 5.73 Å². The molecule has 0 aliphatic heterocycles. The minimum Gasteiger partial charge on any atom is -0.457 e. The van der Waals surface area contributed by atoms with E-state index in [1.54, 1.807) is 0 Å². The summed E-state index contributed by atoms with van der Waals surface area (Å²) in [6.07, 6.45) is 0. The third-order valence-electron chi connectivity index (χ3n) is 0.789. The number of carbonyl (C=O) groups is 2. The molecule has 0 aliphatic carbocycles. The molecule has 0 aromatic heterocycles. The lowest BCUT2D eigenvalue weighted by atomic mass is 10.4. The van der Waals surface area contributed by atoms with Crippen molar-refractivity contribution in [2.75, 3.05) is 6.61 Å². The van der Waals surface area contributed by atoms with Crippen molar-refractivity contribution in [3.8, 4) is 0 Å². The van der Waals surface area contributed by atoms with Crippen LogP contribution in [0.4, 0.5) is 0 Å². The average molecular weight is 145 g/mol. The maximum Gasteiger partial charge on any atom is 0.323 e. The van der Waals surface area contributed by atoms with Crippen LogP contribution in [-0.2, 0) is 14.3 Å². The van der Waals surface area contributed by atoms with Crippen molar-refractivity contribution < 1.29 is 14.3 Å². The van der Waals surface area contributed by atoms with E-state index < -0.39 is 12.0 Å². The van der Waals surface area contributed by atoms with Gasteiger partial charge in [0.2, 0.25) is 0 Å². The van der Waals surface area contributed by atoms with Gasteiger partial charge < -0.3 is 10.5 Å². The zero-order chi connectivity index (χ0) is 8.15. The van der Waals surface area contributed by atoms with E-state index in [-0.39, 0.29) is 12.4 Å². The molecule has 0 bridgehead atoms. The zero-order valence-electron chi connectivity index (χ0n) is 6.09. The summed E-state index contributed by atoms with van der Waals surface area (Å²) in [5.41, 5.74) is 5.14. The summed E-state index contributed by atoms with van der Waals surface area (Å²) in [5, 5.41) is 0. The first-order valence-electron chi connectivity index (χ1n) is 2.95. The molecule has 4 nitrogen and oxygen atoms in total. The van der Waals surface area contributed by atoms with Crippen molar-refractivity contribution in [1.29, 1.82) is 0 Å². The predicted molar refractivity (Wildman–Crippen MR) is 35.3 cm³/mol. The smallest absolute Gasteiger partial charge is 0.323 e. The maximum absolute atomic E-state index is 10.5. The number of esters is 1. The van der Waals surface area contributed by atoms with Crippen LogP contribution in [0.2, 0.25) is 0 Å². The van der Waals surface area contributed by atoms with Gasteiger partial charge in [0.1, 0.15) is 12.6 Å². The summed E-state index contributed by atoms with van der Waals surface area (Å²) in [4.78, 5) is 20.8. The highest BCUT2D eigenvalue weighted by atomic mass is 16.5. The van der Waals surface area contributed by atoms with Crippen LogP contribution in [0, 0.1) is 0 Å². The minimum atomic E-state index is -0.653. The van der Waals surface area contributed by atoms with E-state index >= 15 is 0 Å². The number of carbonyl (C=O) groups excluding carboxylic acids is 2.